The van der Waals surface area contributed by atoms with E-state index in [0.717, 1.165) is 12.8 Å². The lowest BCUT2D eigenvalue weighted by Crippen LogP contribution is -2.36. The van der Waals surface area contributed by atoms with Gasteiger partial charge < -0.3 is 15.0 Å². The van der Waals surface area contributed by atoms with E-state index in [4.69, 9.17) is 0 Å². The number of carboxylic acid groups (broad SMARTS) is 1. The number of carboxylic acids is 1. The number of hydrogen-bond donors (Lipinski definition) is 1. The molecule has 0 aromatic rings. The van der Waals surface area contributed by atoms with Crippen molar-refractivity contribution in [3.8, 4) is 0 Å². The van der Waals surface area contributed by atoms with Crippen molar-refractivity contribution in [3.63, 3.8) is 0 Å². The van der Waals surface area contributed by atoms with Gasteiger partial charge in [0, 0.05) is 11.9 Å². The van der Waals surface area contributed by atoms with E-state index in [0.29, 0.717) is 6.42 Å². The minimum absolute atomic E-state index is 0.574. The van der Waals surface area contributed by atoms with E-state index >= 15 is 0 Å². The number of unbranched alkanes of at least 4 members (excludes halogenated alkanes) is 8. The topological polar surface area (TPSA) is 60.4 Å². The summed E-state index contributed by atoms with van der Waals surface area (Å²) in [7, 11) is 0. The van der Waals surface area contributed by atoms with Gasteiger partial charge >= 0.3 is 0 Å². The zero-order valence-electron chi connectivity index (χ0n) is 12.0. The van der Waals surface area contributed by atoms with Crippen molar-refractivity contribution in [1.82, 2.24) is 0 Å². The van der Waals surface area contributed by atoms with Gasteiger partial charge in [-0.3, -0.25) is 0 Å². The molecule has 0 aliphatic carbocycles. The third-order valence-electron chi connectivity index (χ3n) is 3.55. The van der Waals surface area contributed by atoms with Gasteiger partial charge in [0.15, 0.2) is 0 Å². The molecular formula is C15H29O3-. The summed E-state index contributed by atoms with van der Waals surface area (Å²) in [5.74, 6) is -1.91. The Kier molecular flexibility index (Phi) is 11.2. The Morgan fingerprint density at radius 2 is 1.44 bits per heavy atom. The van der Waals surface area contributed by atoms with Crippen molar-refractivity contribution < 1.29 is 15.0 Å². The summed E-state index contributed by atoms with van der Waals surface area (Å²) < 4.78 is 0. The van der Waals surface area contributed by atoms with Crippen LogP contribution in [0.5, 0.6) is 0 Å². The van der Waals surface area contributed by atoms with Crippen LogP contribution in [0, 0.1) is 5.92 Å². The number of carbonyl (C=O) groups is 1. The second-order valence-electron chi connectivity index (χ2n) is 5.29. The minimum Gasteiger partial charge on any atom is -0.550 e. The van der Waals surface area contributed by atoms with Crippen LogP contribution in [0.1, 0.15) is 78.1 Å². The third-order valence-corrected chi connectivity index (χ3v) is 3.55. The number of aliphatic hydroxyl groups is 1. The van der Waals surface area contributed by atoms with Gasteiger partial charge in [0.2, 0.25) is 0 Å². The summed E-state index contributed by atoms with van der Waals surface area (Å²) in [4.78, 5) is 10.5. The van der Waals surface area contributed by atoms with E-state index in [1.807, 2.05) is 0 Å². The molecule has 18 heavy (non-hydrogen) atoms. The first-order valence-corrected chi connectivity index (χ1v) is 7.48. The van der Waals surface area contributed by atoms with Crippen LogP contribution >= 0.6 is 0 Å². The standard InChI is InChI=1S/C15H30O3/c1-3-4-5-6-7-8-9-10-11-12-14(16)13(2)15(17)18/h13-14,16H,3-12H2,1-2H3,(H,17,18)/p-1. The molecule has 2 unspecified atom stereocenters. The highest BCUT2D eigenvalue weighted by Crippen LogP contribution is 2.14. The number of carbonyl (C=O) groups excluding carboxylic acids is 1. The average Bonchev–Trinajstić information content (AvgIpc) is 2.35. The molecule has 0 radical (unpaired) electrons. The number of aliphatic hydroxyl groups excluding tert-OH is 1. The molecule has 0 aliphatic rings. The fraction of sp³-hybridized carbons (Fsp3) is 0.933. The molecule has 0 heterocycles. The fourth-order valence-corrected chi connectivity index (χ4v) is 2.07. The molecule has 3 heteroatoms. The largest absolute Gasteiger partial charge is 0.550 e. The summed E-state index contributed by atoms with van der Waals surface area (Å²) in [6.45, 7) is 3.73. The second-order valence-corrected chi connectivity index (χ2v) is 5.29. The fourth-order valence-electron chi connectivity index (χ4n) is 2.07. The van der Waals surface area contributed by atoms with Crippen molar-refractivity contribution in [2.45, 2.75) is 84.2 Å². The molecule has 0 saturated carbocycles. The Labute approximate surface area is 112 Å². The molecule has 0 bridgehead atoms. The molecule has 2 atom stereocenters. The maximum Gasteiger partial charge on any atom is 0.0617 e. The highest BCUT2D eigenvalue weighted by Gasteiger charge is 2.14. The van der Waals surface area contributed by atoms with Gasteiger partial charge in [-0.15, -0.1) is 0 Å². The van der Waals surface area contributed by atoms with Gasteiger partial charge in [0.25, 0.3) is 0 Å². The van der Waals surface area contributed by atoms with Gasteiger partial charge in [-0.1, -0.05) is 71.6 Å². The summed E-state index contributed by atoms with van der Waals surface area (Å²) in [6, 6.07) is 0. The highest BCUT2D eigenvalue weighted by molar-refractivity contribution is 5.67. The Morgan fingerprint density at radius 1 is 1.00 bits per heavy atom. The van der Waals surface area contributed by atoms with Crippen molar-refractivity contribution in [1.29, 1.82) is 0 Å². The van der Waals surface area contributed by atoms with Gasteiger partial charge in [-0.2, -0.15) is 0 Å². The molecule has 0 fully saturated rings. The van der Waals surface area contributed by atoms with E-state index in [1.165, 1.54) is 51.9 Å². The van der Waals surface area contributed by atoms with E-state index < -0.39 is 18.0 Å². The first-order valence-electron chi connectivity index (χ1n) is 7.48. The van der Waals surface area contributed by atoms with Crippen LogP contribution in [0.3, 0.4) is 0 Å². The lowest BCUT2D eigenvalue weighted by molar-refractivity contribution is -0.313. The van der Waals surface area contributed by atoms with Gasteiger partial charge in [-0.05, 0) is 6.42 Å². The first kappa shape index (κ1) is 17.4. The SMILES string of the molecule is CCCCCCCCCCCC(O)C(C)C(=O)[O-]. The van der Waals surface area contributed by atoms with Gasteiger partial charge in [0.1, 0.15) is 0 Å². The molecule has 108 valence electrons. The van der Waals surface area contributed by atoms with Crippen LogP contribution in [0.4, 0.5) is 0 Å². The van der Waals surface area contributed by atoms with E-state index in [9.17, 15) is 15.0 Å². The Hall–Kier alpha value is -0.570. The monoisotopic (exact) mass is 257 g/mol. The smallest absolute Gasteiger partial charge is 0.0617 e. The number of rotatable bonds is 12. The van der Waals surface area contributed by atoms with E-state index in [1.54, 1.807) is 0 Å². The normalized spacial score (nSPS) is 14.4. The van der Waals surface area contributed by atoms with Gasteiger partial charge in [0.05, 0.1) is 6.10 Å². The zero-order valence-corrected chi connectivity index (χ0v) is 12.0. The maximum atomic E-state index is 10.5. The zero-order chi connectivity index (χ0) is 13.8. The van der Waals surface area contributed by atoms with Gasteiger partial charge in [-0.25, -0.2) is 0 Å². The molecule has 0 aliphatic heterocycles. The van der Waals surface area contributed by atoms with Crippen LogP contribution < -0.4 is 5.11 Å². The van der Waals surface area contributed by atoms with Crippen LogP contribution in [-0.2, 0) is 4.79 Å². The lowest BCUT2D eigenvalue weighted by Gasteiger charge is -2.19. The predicted molar refractivity (Wildman–Crippen MR) is 72.0 cm³/mol. The van der Waals surface area contributed by atoms with Crippen molar-refractivity contribution in [2.75, 3.05) is 0 Å². The van der Waals surface area contributed by atoms with Crippen molar-refractivity contribution >= 4 is 5.97 Å². The van der Waals surface area contributed by atoms with Crippen LogP contribution in [-0.4, -0.2) is 17.2 Å². The average molecular weight is 257 g/mol. The summed E-state index contributed by atoms with van der Waals surface area (Å²) in [6.07, 6.45) is 10.9. The number of aliphatic carboxylic acids is 1. The third kappa shape index (κ3) is 9.46. The Morgan fingerprint density at radius 3 is 1.89 bits per heavy atom. The maximum absolute atomic E-state index is 10.5. The van der Waals surface area contributed by atoms with Crippen molar-refractivity contribution in [2.24, 2.45) is 5.92 Å². The first-order chi connectivity index (χ1) is 8.59. The molecule has 0 aromatic heterocycles. The minimum atomic E-state index is -1.15. The molecule has 0 aromatic carbocycles. The molecule has 0 amide bonds. The van der Waals surface area contributed by atoms with Crippen LogP contribution in [0.2, 0.25) is 0 Å². The highest BCUT2D eigenvalue weighted by atomic mass is 16.4. The summed E-state index contributed by atoms with van der Waals surface area (Å²) >= 11 is 0. The van der Waals surface area contributed by atoms with E-state index in [-0.39, 0.29) is 0 Å². The molecule has 0 saturated heterocycles. The Balaban J connectivity index is 3.27. The molecule has 1 N–H and O–H groups in total. The predicted octanol–water partition coefficient (Wildman–Crippen LogP) is 2.65. The molecule has 3 nitrogen and oxygen atoms in total. The van der Waals surface area contributed by atoms with E-state index in [2.05, 4.69) is 6.92 Å². The number of hydrogen-bond acceptors (Lipinski definition) is 3. The second kappa shape index (κ2) is 11.5. The molecular weight excluding hydrogens is 228 g/mol. The van der Waals surface area contributed by atoms with Crippen LogP contribution in [0.25, 0.3) is 0 Å². The summed E-state index contributed by atoms with van der Waals surface area (Å²) in [5.41, 5.74) is 0. The molecule has 0 spiro atoms. The Bertz CT molecular complexity index is 204. The summed E-state index contributed by atoms with van der Waals surface area (Å²) in [5, 5.41) is 20.1. The lowest BCUT2D eigenvalue weighted by atomic mass is 9.98. The van der Waals surface area contributed by atoms with Crippen molar-refractivity contribution in [3.05, 3.63) is 0 Å². The van der Waals surface area contributed by atoms with Crippen LogP contribution in [0.15, 0.2) is 0 Å². The quantitative estimate of drug-likeness (QED) is 0.547. The molecule has 0 rings (SSSR count).